The van der Waals surface area contributed by atoms with Gasteiger partial charge in [-0.2, -0.15) is 0 Å². The molecule has 1 aromatic heterocycles. The van der Waals surface area contributed by atoms with Crippen molar-refractivity contribution in [2.75, 3.05) is 18.0 Å². The van der Waals surface area contributed by atoms with Crippen LogP contribution in [0.25, 0.3) is 0 Å². The number of aromatic nitrogens is 1. The number of carboxylic acids is 1. The number of hydrogen-bond acceptors (Lipinski definition) is 4. The number of rotatable bonds is 6. The minimum absolute atomic E-state index is 0.0438. The Morgan fingerprint density at radius 3 is 2.48 bits per heavy atom. The van der Waals surface area contributed by atoms with Crippen LogP contribution in [0.3, 0.4) is 0 Å². The van der Waals surface area contributed by atoms with Crippen molar-refractivity contribution in [2.45, 2.75) is 40.7 Å². The zero-order chi connectivity index (χ0) is 16.2. The van der Waals surface area contributed by atoms with Crippen LogP contribution in [-0.4, -0.2) is 41.1 Å². The molecule has 0 aromatic carbocycles. The topological polar surface area (TPSA) is 82.5 Å². The van der Waals surface area contributed by atoms with Crippen LogP contribution in [0.4, 0.5) is 5.82 Å². The van der Waals surface area contributed by atoms with Gasteiger partial charge < -0.3 is 15.3 Å². The molecule has 1 heterocycles. The highest BCUT2D eigenvalue weighted by Crippen LogP contribution is 2.22. The number of hydrogen-bond donors (Lipinski definition) is 2. The summed E-state index contributed by atoms with van der Waals surface area (Å²) in [5, 5.41) is 12.2. The maximum absolute atomic E-state index is 11.9. The summed E-state index contributed by atoms with van der Waals surface area (Å²) in [6, 6.07) is 1.77. The molecule has 0 aliphatic carbocycles. The highest BCUT2D eigenvalue weighted by atomic mass is 16.4. The standard InChI is InChI=1S/C15H23N3O3/c1-6-18(8-12(19)16-9(2)3)14-13(15(20)21)10(4)7-11(5)17-14/h7,9H,6,8H2,1-5H3,(H,16,19)(H,20,21). The van der Waals surface area contributed by atoms with E-state index in [9.17, 15) is 14.7 Å². The molecule has 0 aliphatic rings. The summed E-state index contributed by atoms with van der Waals surface area (Å²) in [4.78, 5) is 29.4. The largest absolute Gasteiger partial charge is 0.478 e. The zero-order valence-electron chi connectivity index (χ0n) is 13.2. The number of aryl methyl sites for hydroxylation is 2. The van der Waals surface area contributed by atoms with Crippen molar-refractivity contribution in [1.29, 1.82) is 0 Å². The maximum Gasteiger partial charge on any atom is 0.339 e. The van der Waals surface area contributed by atoms with Gasteiger partial charge in [-0.1, -0.05) is 0 Å². The SMILES string of the molecule is CCN(CC(=O)NC(C)C)c1nc(C)cc(C)c1C(=O)O. The lowest BCUT2D eigenvalue weighted by Gasteiger charge is -2.24. The predicted molar refractivity (Wildman–Crippen MR) is 81.8 cm³/mol. The number of nitrogens with one attached hydrogen (secondary N) is 1. The Hall–Kier alpha value is -2.11. The van der Waals surface area contributed by atoms with Gasteiger partial charge >= 0.3 is 5.97 Å². The highest BCUT2D eigenvalue weighted by molar-refractivity contribution is 5.96. The third-order valence-corrected chi connectivity index (χ3v) is 3.00. The molecule has 0 atom stereocenters. The monoisotopic (exact) mass is 293 g/mol. The number of carboxylic acid groups (broad SMARTS) is 1. The Balaban J connectivity index is 3.16. The van der Waals surface area contributed by atoms with Gasteiger partial charge in [0.1, 0.15) is 11.4 Å². The predicted octanol–water partition coefficient (Wildman–Crippen LogP) is 1.75. The minimum atomic E-state index is -1.03. The van der Waals surface area contributed by atoms with Crippen LogP contribution in [0.5, 0.6) is 0 Å². The van der Waals surface area contributed by atoms with E-state index in [-0.39, 0.29) is 24.1 Å². The molecule has 1 aromatic rings. The first-order valence-corrected chi connectivity index (χ1v) is 7.02. The average Bonchev–Trinajstić information content (AvgIpc) is 2.33. The lowest BCUT2D eigenvalue weighted by molar-refractivity contribution is -0.120. The van der Waals surface area contributed by atoms with Crippen LogP contribution in [0.2, 0.25) is 0 Å². The van der Waals surface area contributed by atoms with Crippen LogP contribution in [-0.2, 0) is 4.79 Å². The third kappa shape index (κ3) is 4.44. The Morgan fingerprint density at radius 2 is 2.00 bits per heavy atom. The number of amides is 1. The number of carbonyl (C=O) groups excluding carboxylic acids is 1. The van der Waals surface area contributed by atoms with Crippen molar-refractivity contribution in [3.8, 4) is 0 Å². The molecule has 0 saturated heterocycles. The minimum Gasteiger partial charge on any atom is -0.478 e. The van der Waals surface area contributed by atoms with E-state index in [1.165, 1.54) is 0 Å². The molecule has 0 radical (unpaired) electrons. The van der Waals surface area contributed by atoms with Gasteiger partial charge in [-0.3, -0.25) is 4.79 Å². The molecule has 0 fully saturated rings. The average molecular weight is 293 g/mol. The van der Waals surface area contributed by atoms with E-state index in [4.69, 9.17) is 0 Å². The van der Waals surface area contributed by atoms with E-state index >= 15 is 0 Å². The second-order valence-electron chi connectivity index (χ2n) is 5.32. The summed E-state index contributed by atoms with van der Waals surface area (Å²) in [7, 11) is 0. The molecule has 0 saturated carbocycles. The fourth-order valence-electron chi connectivity index (χ4n) is 2.19. The summed E-state index contributed by atoms with van der Waals surface area (Å²) in [6.07, 6.45) is 0. The van der Waals surface area contributed by atoms with Gasteiger partial charge in [-0.25, -0.2) is 9.78 Å². The van der Waals surface area contributed by atoms with Crippen molar-refractivity contribution in [1.82, 2.24) is 10.3 Å². The Morgan fingerprint density at radius 1 is 1.38 bits per heavy atom. The van der Waals surface area contributed by atoms with Crippen LogP contribution in [0, 0.1) is 13.8 Å². The number of anilines is 1. The summed E-state index contributed by atoms with van der Waals surface area (Å²) >= 11 is 0. The van der Waals surface area contributed by atoms with Gasteiger partial charge in [-0.15, -0.1) is 0 Å². The van der Waals surface area contributed by atoms with E-state index < -0.39 is 5.97 Å². The van der Waals surface area contributed by atoms with Crippen molar-refractivity contribution < 1.29 is 14.7 Å². The lowest BCUT2D eigenvalue weighted by Crippen LogP contribution is -2.41. The lowest BCUT2D eigenvalue weighted by atomic mass is 10.1. The van der Waals surface area contributed by atoms with Gasteiger partial charge in [0.2, 0.25) is 5.91 Å². The van der Waals surface area contributed by atoms with E-state index in [0.717, 1.165) is 5.69 Å². The third-order valence-electron chi connectivity index (χ3n) is 3.00. The smallest absolute Gasteiger partial charge is 0.339 e. The molecular formula is C15H23N3O3. The van der Waals surface area contributed by atoms with Crippen molar-refractivity contribution in [3.05, 3.63) is 22.9 Å². The quantitative estimate of drug-likeness (QED) is 0.835. The first-order valence-electron chi connectivity index (χ1n) is 7.02. The fraction of sp³-hybridized carbons (Fsp3) is 0.533. The number of carbonyl (C=O) groups is 2. The van der Waals surface area contributed by atoms with Gasteiger partial charge in [0.25, 0.3) is 0 Å². The van der Waals surface area contributed by atoms with Gasteiger partial charge in [-0.05, 0) is 46.2 Å². The normalized spacial score (nSPS) is 10.6. The number of pyridine rings is 1. The molecule has 116 valence electrons. The van der Waals surface area contributed by atoms with Crippen molar-refractivity contribution in [3.63, 3.8) is 0 Å². The van der Waals surface area contributed by atoms with E-state index in [2.05, 4.69) is 10.3 Å². The molecule has 1 amide bonds. The number of likely N-dealkylation sites (N-methyl/N-ethyl adjacent to an activating group) is 1. The maximum atomic E-state index is 11.9. The van der Waals surface area contributed by atoms with Crippen molar-refractivity contribution >= 4 is 17.7 Å². The Kier molecular flexibility index (Phi) is 5.69. The van der Waals surface area contributed by atoms with Crippen molar-refractivity contribution in [2.24, 2.45) is 0 Å². The van der Waals surface area contributed by atoms with Crippen LogP contribution in [0.15, 0.2) is 6.07 Å². The first kappa shape index (κ1) is 16.9. The zero-order valence-corrected chi connectivity index (χ0v) is 13.2. The molecular weight excluding hydrogens is 270 g/mol. The Bertz CT molecular complexity index is 541. The molecule has 2 N–H and O–H groups in total. The van der Waals surface area contributed by atoms with E-state index in [1.807, 2.05) is 27.7 Å². The van der Waals surface area contributed by atoms with Crippen LogP contribution < -0.4 is 10.2 Å². The molecule has 21 heavy (non-hydrogen) atoms. The van der Waals surface area contributed by atoms with Gasteiger partial charge in [0.15, 0.2) is 0 Å². The van der Waals surface area contributed by atoms with E-state index in [0.29, 0.717) is 17.9 Å². The van der Waals surface area contributed by atoms with E-state index in [1.54, 1.807) is 17.9 Å². The van der Waals surface area contributed by atoms with Crippen LogP contribution in [0.1, 0.15) is 42.4 Å². The highest BCUT2D eigenvalue weighted by Gasteiger charge is 2.21. The molecule has 0 aliphatic heterocycles. The van der Waals surface area contributed by atoms with Crippen LogP contribution >= 0.6 is 0 Å². The fourth-order valence-corrected chi connectivity index (χ4v) is 2.19. The molecule has 6 heteroatoms. The summed E-state index contributed by atoms with van der Waals surface area (Å²) in [5.74, 6) is -0.830. The van der Waals surface area contributed by atoms with Gasteiger partial charge in [0.05, 0.1) is 6.54 Å². The summed E-state index contributed by atoms with van der Waals surface area (Å²) in [6.45, 7) is 9.77. The van der Waals surface area contributed by atoms with Gasteiger partial charge in [0, 0.05) is 18.3 Å². The summed E-state index contributed by atoms with van der Waals surface area (Å²) < 4.78 is 0. The number of aromatic carboxylic acids is 1. The summed E-state index contributed by atoms with van der Waals surface area (Å²) in [5.41, 5.74) is 1.53. The second-order valence-corrected chi connectivity index (χ2v) is 5.32. The molecule has 0 unspecified atom stereocenters. The molecule has 0 bridgehead atoms. The second kappa shape index (κ2) is 7.06. The molecule has 1 rings (SSSR count). The first-order chi connectivity index (χ1) is 9.76. The molecule has 0 spiro atoms. The Labute approximate surface area is 125 Å². The number of nitrogens with zero attached hydrogens (tertiary/aromatic N) is 2. The molecule has 6 nitrogen and oxygen atoms in total.